The Balaban J connectivity index is 2.93. The molecule has 8 heteroatoms. The van der Waals surface area contributed by atoms with E-state index in [-0.39, 0.29) is 19.8 Å². The van der Waals surface area contributed by atoms with E-state index in [1.54, 1.807) is 6.92 Å². The zero-order chi connectivity index (χ0) is 12.3. The molecule has 0 saturated carbocycles. The maximum atomic E-state index is 11.7. The first kappa shape index (κ1) is 13.4. The van der Waals surface area contributed by atoms with Crippen molar-refractivity contribution in [2.45, 2.75) is 13.0 Å². The van der Waals surface area contributed by atoms with Crippen LogP contribution in [0.15, 0.2) is 0 Å². The minimum absolute atomic E-state index is 0.0513. The lowest BCUT2D eigenvalue weighted by atomic mass is 10.0. The van der Waals surface area contributed by atoms with Crippen LogP contribution in [-0.4, -0.2) is 56.6 Å². The summed E-state index contributed by atoms with van der Waals surface area (Å²) in [6, 6.07) is -0.639. The highest BCUT2D eigenvalue weighted by molar-refractivity contribution is 7.87. The molecular formula is C8H16N2O5S. The van der Waals surface area contributed by atoms with Gasteiger partial charge in [0.05, 0.1) is 25.2 Å². The monoisotopic (exact) mass is 252 g/mol. The van der Waals surface area contributed by atoms with Crippen molar-refractivity contribution in [2.24, 2.45) is 5.92 Å². The van der Waals surface area contributed by atoms with Crippen LogP contribution in [0.1, 0.15) is 6.92 Å². The third-order valence-electron chi connectivity index (χ3n) is 2.62. The van der Waals surface area contributed by atoms with Crippen molar-refractivity contribution in [3.8, 4) is 0 Å². The number of nitrogens with zero attached hydrogens (tertiary/aromatic N) is 1. The molecule has 0 spiro atoms. The van der Waals surface area contributed by atoms with Crippen LogP contribution < -0.4 is 4.72 Å². The van der Waals surface area contributed by atoms with Gasteiger partial charge in [-0.2, -0.15) is 12.7 Å². The predicted octanol–water partition coefficient (Wildman–Crippen LogP) is -1.13. The molecular weight excluding hydrogens is 236 g/mol. The molecule has 1 heterocycles. The fraction of sp³-hybridized carbons (Fsp3) is 0.875. The van der Waals surface area contributed by atoms with Crippen LogP contribution >= 0.6 is 0 Å². The smallest absolute Gasteiger partial charge is 0.310 e. The number of carboxylic acid groups (broad SMARTS) is 1. The Morgan fingerprint density at radius 1 is 1.56 bits per heavy atom. The fourth-order valence-corrected chi connectivity index (χ4v) is 2.90. The highest BCUT2D eigenvalue weighted by Crippen LogP contribution is 2.21. The Labute approximate surface area is 94.6 Å². The molecule has 2 atom stereocenters. The van der Waals surface area contributed by atoms with E-state index in [0.29, 0.717) is 0 Å². The summed E-state index contributed by atoms with van der Waals surface area (Å²) in [6.07, 6.45) is 0. The van der Waals surface area contributed by atoms with E-state index < -0.39 is 28.1 Å². The lowest BCUT2D eigenvalue weighted by Gasteiger charge is -2.27. The van der Waals surface area contributed by atoms with E-state index in [4.69, 9.17) is 9.84 Å². The average Bonchev–Trinajstić information content (AvgIpc) is 2.67. The van der Waals surface area contributed by atoms with Crippen molar-refractivity contribution in [3.63, 3.8) is 0 Å². The summed E-state index contributed by atoms with van der Waals surface area (Å²) in [5, 5.41) is 8.94. The van der Waals surface area contributed by atoms with Crippen molar-refractivity contribution in [1.82, 2.24) is 9.03 Å². The van der Waals surface area contributed by atoms with Gasteiger partial charge in [0.2, 0.25) is 0 Å². The third kappa shape index (κ3) is 2.51. The number of nitrogens with one attached hydrogen (secondary N) is 1. The molecule has 1 aliphatic rings. The molecule has 94 valence electrons. The summed E-state index contributed by atoms with van der Waals surface area (Å²) in [7, 11) is -2.32. The minimum atomic E-state index is -3.62. The summed E-state index contributed by atoms with van der Waals surface area (Å²) in [5.41, 5.74) is 0. The minimum Gasteiger partial charge on any atom is -0.481 e. The molecule has 16 heavy (non-hydrogen) atoms. The van der Waals surface area contributed by atoms with Gasteiger partial charge in [0.15, 0.2) is 0 Å². The summed E-state index contributed by atoms with van der Waals surface area (Å²) >= 11 is 0. The van der Waals surface area contributed by atoms with Crippen LogP contribution in [0.2, 0.25) is 0 Å². The second-order valence-electron chi connectivity index (χ2n) is 3.46. The van der Waals surface area contributed by atoms with Crippen LogP contribution in [0, 0.1) is 5.92 Å². The van der Waals surface area contributed by atoms with Crippen molar-refractivity contribution in [3.05, 3.63) is 0 Å². The number of carboxylic acids is 1. The van der Waals surface area contributed by atoms with Crippen LogP contribution in [-0.2, 0) is 19.7 Å². The van der Waals surface area contributed by atoms with Gasteiger partial charge in [-0.25, -0.2) is 4.72 Å². The van der Waals surface area contributed by atoms with E-state index in [9.17, 15) is 13.2 Å². The third-order valence-corrected chi connectivity index (χ3v) is 4.28. The van der Waals surface area contributed by atoms with Gasteiger partial charge >= 0.3 is 5.97 Å². The maximum absolute atomic E-state index is 11.7. The van der Waals surface area contributed by atoms with Crippen molar-refractivity contribution in [2.75, 3.05) is 26.8 Å². The first-order valence-corrected chi connectivity index (χ1v) is 6.39. The van der Waals surface area contributed by atoms with Gasteiger partial charge in [0.1, 0.15) is 0 Å². The van der Waals surface area contributed by atoms with Crippen LogP contribution in [0.5, 0.6) is 0 Å². The highest BCUT2D eigenvalue weighted by Gasteiger charge is 2.41. The first-order chi connectivity index (χ1) is 7.44. The normalized spacial score (nSPS) is 26.2. The molecule has 0 bridgehead atoms. The summed E-state index contributed by atoms with van der Waals surface area (Å²) < 4.78 is 31.6. The molecule has 2 N–H and O–H groups in total. The lowest BCUT2D eigenvalue weighted by Crippen LogP contribution is -2.49. The Morgan fingerprint density at radius 2 is 2.19 bits per heavy atom. The van der Waals surface area contributed by atoms with Gasteiger partial charge in [-0.05, 0) is 0 Å². The number of ether oxygens (including phenoxy) is 1. The van der Waals surface area contributed by atoms with Gasteiger partial charge in [-0.1, -0.05) is 6.92 Å². The first-order valence-electron chi connectivity index (χ1n) is 4.95. The summed E-state index contributed by atoms with van der Waals surface area (Å²) in [4.78, 5) is 10.9. The molecule has 0 radical (unpaired) electrons. The molecule has 1 aliphatic heterocycles. The topological polar surface area (TPSA) is 95.9 Å². The number of likely N-dealkylation sites (N-methyl/N-ethyl adjacent to an activating group) is 1. The van der Waals surface area contributed by atoms with Crippen molar-refractivity contribution in [1.29, 1.82) is 0 Å². The van der Waals surface area contributed by atoms with E-state index >= 15 is 0 Å². The largest absolute Gasteiger partial charge is 0.481 e. The van der Waals surface area contributed by atoms with Gasteiger partial charge in [0.25, 0.3) is 10.2 Å². The maximum Gasteiger partial charge on any atom is 0.310 e. The zero-order valence-corrected chi connectivity index (χ0v) is 10.0. The van der Waals surface area contributed by atoms with Gasteiger partial charge in [-0.3, -0.25) is 4.79 Å². The SMILES string of the molecule is CCN(C1COCC1C(=O)O)S(=O)(=O)NC. The molecule has 2 unspecified atom stereocenters. The number of hydrogen-bond donors (Lipinski definition) is 2. The van der Waals surface area contributed by atoms with Crippen LogP contribution in [0.3, 0.4) is 0 Å². The molecule has 0 aromatic rings. The molecule has 0 aromatic carbocycles. The summed E-state index contributed by atoms with van der Waals surface area (Å²) in [5.74, 6) is -1.84. The van der Waals surface area contributed by atoms with E-state index in [2.05, 4.69) is 4.72 Å². The standard InChI is InChI=1S/C8H16N2O5S/c1-3-10(16(13,14)9-2)7-5-15-4-6(7)8(11)12/h6-7,9H,3-5H2,1-2H3,(H,11,12). The van der Waals surface area contributed by atoms with E-state index in [0.717, 1.165) is 4.31 Å². The Bertz CT molecular complexity index is 355. The predicted molar refractivity (Wildman–Crippen MR) is 56.1 cm³/mol. The molecule has 0 amide bonds. The molecule has 7 nitrogen and oxygen atoms in total. The molecule has 1 saturated heterocycles. The fourth-order valence-electron chi connectivity index (χ4n) is 1.76. The Hall–Kier alpha value is -0.700. The van der Waals surface area contributed by atoms with Crippen molar-refractivity contribution < 1.29 is 23.1 Å². The average molecular weight is 252 g/mol. The number of aliphatic carboxylic acids is 1. The highest BCUT2D eigenvalue weighted by atomic mass is 32.2. The van der Waals surface area contributed by atoms with E-state index in [1.165, 1.54) is 7.05 Å². The second-order valence-corrected chi connectivity index (χ2v) is 5.29. The number of carbonyl (C=O) groups is 1. The zero-order valence-electron chi connectivity index (χ0n) is 9.21. The Morgan fingerprint density at radius 3 is 2.62 bits per heavy atom. The van der Waals surface area contributed by atoms with Gasteiger partial charge < -0.3 is 9.84 Å². The van der Waals surface area contributed by atoms with Gasteiger partial charge in [-0.15, -0.1) is 0 Å². The molecule has 1 rings (SSSR count). The van der Waals surface area contributed by atoms with Crippen molar-refractivity contribution >= 4 is 16.2 Å². The van der Waals surface area contributed by atoms with Crippen LogP contribution in [0.25, 0.3) is 0 Å². The Kier molecular flexibility index (Phi) is 4.25. The molecule has 0 aliphatic carbocycles. The molecule has 0 aromatic heterocycles. The second kappa shape index (κ2) is 5.09. The number of hydrogen-bond acceptors (Lipinski definition) is 4. The quantitative estimate of drug-likeness (QED) is 0.645. The van der Waals surface area contributed by atoms with Gasteiger partial charge in [0, 0.05) is 13.6 Å². The number of rotatable bonds is 5. The molecule has 1 fully saturated rings. The lowest BCUT2D eigenvalue weighted by molar-refractivity contribution is -0.142. The van der Waals surface area contributed by atoms with Crippen LogP contribution in [0.4, 0.5) is 0 Å². The summed E-state index contributed by atoms with van der Waals surface area (Å²) in [6.45, 7) is 2.04. The van der Waals surface area contributed by atoms with E-state index in [1.807, 2.05) is 0 Å².